The van der Waals surface area contributed by atoms with Crippen LogP contribution in [0.3, 0.4) is 0 Å². The predicted molar refractivity (Wildman–Crippen MR) is 119 cm³/mol. The molecule has 0 saturated carbocycles. The van der Waals surface area contributed by atoms with E-state index in [9.17, 15) is 23.2 Å². The van der Waals surface area contributed by atoms with E-state index in [-0.39, 0.29) is 41.7 Å². The first-order chi connectivity index (χ1) is 16.9. The Morgan fingerprint density at radius 2 is 1.94 bits per heavy atom. The van der Waals surface area contributed by atoms with Crippen molar-refractivity contribution in [3.63, 3.8) is 0 Å². The van der Waals surface area contributed by atoms with Crippen molar-refractivity contribution in [1.29, 1.82) is 0 Å². The molecular weight excluding hydrogens is 458 g/mol. The van der Waals surface area contributed by atoms with Gasteiger partial charge in [0.05, 0.1) is 13.2 Å². The highest BCUT2D eigenvalue weighted by Crippen LogP contribution is 2.27. The Hall–Kier alpha value is -4.18. The summed E-state index contributed by atoms with van der Waals surface area (Å²) in [5.74, 6) is -3.66. The largest absolute Gasteiger partial charge is 0.479 e. The molecule has 2 aromatic rings. The number of ketones is 1. The number of halogens is 2. The third-order valence-corrected chi connectivity index (χ3v) is 5.93. The summed E-state index contributed by atoms with van der Waals surface area (Å²) in [4.78, 5) is 41.0. The normalized spacial score (nSPS) is 17.3. The van der Waals surface area contributed by atoms with Crippen LogP contribution in [0.5, 0.6) is 0 Å². The first-order valence-corrected chi connectivity index (χ1v) is 11.0. The maximum Gasteiger partial charge on any atom is 0.324 e. The number of hydrogen-bond acceptors (Lipinski definition) is 5. The highest BCUT2D eigenvalue weighted by atomic mass is 19.1. The van der Waals surface area contributed by atoms with E-state index in [1.807, 2.05) is 30.3 Å². The summed E-state index contributed by atoms with van der Waals surface area (Å²) in [6.45, 7) is 0.911. The molecule has 0 aliphatic carbocycles. The zero-order valence-corrected chi connectivity index (χ0v) is 18.5. The monoisotopic (exact) mass is 479 g/mol. The second kappa shape index (κ2) is 9.22. The van der Waals surface area contributed by atoms with Gasteiger partial charge in [0, 0.05) is 18.2 Å². The van der Waals surface area contributed by atoms with Crippen LogP contribution in [0.15, 0.2) is 71.8 Å². The second-order valence-electron chi connectivity index (χ2n) is 8.27. The fourth-order valence-corrected chi connectivity index (χ4v) is 4.12. The molecule has 10 heteroatoms. The van der Waals surface area contributed by atoms with Crippen LogP contribution >= 0.6 is 0 Å². The van der Waals surface area contributed by atoms with Gasteiger partial charge in [-0.05, 0) is 11.6 Å². The Bertz CT molecular complexity index is 1330. The zero-order chi connectivity index (χ0) is 24.5. The SMILES string of the molecule is O=C(NCc1ccc(F)cc1F)C1=C[N+]2=C3CNCN(C3)C(=O)C2=C(OCc2ccccc2)C1=O. The first kappa shape index (κ1) is 22.6. The highest BCUT2D eigenvalue weighted by Gasteiger charge is 2.48. The summed E-state index contributed by atoms with van der Waals surface area (Å²) in [5.41, 5.74) is 1.43. The average Bonchev–Trinajstić information content (AvgIpc) is 2.86. The van der Waals surface area contributed by atoms with Crippen molar-refractivity contribution in [3.8, 4) is 0 Å². The summed E-state index contributed by atoms with van der Waals surface area (Å²) in [6, 6.07) is 12.1. The summed E-state index contributed by atoms with van der Waals surface area (Å²) in [7, 11) is 0. The highest BCUT2D eigenvalue weighted by molar-refractivity contribution is 6.26. The zero-order valence-electron chi connectivity index (χ0n) is 18.5. The molecule has 2 N–H and O–H groups in total. The van der Waals surface area contributed by atoms with Gasteiger partial charge >= 0.3 is 11.6 Å². The van der Waals surface area contributed by atoms with E-state index in [2.05, 4.69) is 10.6 Å². The minimum Gasteiger partial charge on any atom is -0.479 e. The van der Waals surface area contributed by atoms with Crippen molar-refractivity contribution in [2.75, 3.05) is 19.8 Å². The number of benzene rings is 2. The molecule has 3 heterocycles. The smallest absolute Gasteiger partial charge is 0.324 e. The lowest BCUT2D eigenvalue weighted by Crippen LogP contribution is -2.58. The fourth-order valence-electron chi connectivity index (χ4n) is 4.12. The molecule has 0 spiro atoms. The van der Waals surface area contributed by atoms with Crippen LogP contribution in [0.4, 0.5) is 8.78 Å². The summed E-state index contributed by atoms with van der Waals surface area (Å²) in [5, 5.41) is 5.61. The third kappa shape index (κ3) is 4.35. The van der Waals surface area contributed by atoms with Gasteiger partial charge in [0.1, 0.15) is 24.8 Å². The van der Waals surface area contributed by atoms with Crippen molar-refractivity contribution in [2.24, 2.45) is 0 Å². The number of amides is 2. The van der Waals surface area contributed by atoms with Crippen LogP contribution in [0.25, 0.3) is 0 Å². The molecular formula is C25H21F2N4O4+. The summed E-state index contributed by atoms with van der Waals surface area (Å²) < 4.78 is 34.5. The number of nitrogens with one attached hydrogen (secondary N) is 2. The van der Waals surface area contributed by atoms with Gasteiger partial charge in [-0.25, -0.2) is 8.78 Å². The van der Waals surface area contributed by atoms with E-state index in [1.165, 1.54) is 16.8 Å². The van der Waals surface area contributed by atoms with Crippen molar-refractivity contribution < 1.29 is 32.5 Å². The minimum absolute atomic E-state index is 0.0236. The molecule has 3 aliphatic heterocycles. The number of rotatable bonds is 6. The van der Waals surface area contributed by atoms with Gasteiger partial charge in [-0.15, -0.1) is 0 Å². The van der Waals surface area contributed by atoms with Gasteiger partial charge in [-0.2, -0.15) is 4.58 Å². The van der Waals surface area contributed by atoms with E-state index < -0.39 is 23.3 Å². The van der Waals surface area contributed by atoms with Gasteiger partial charge in [-0.1, -0.05) is 36.4 Å². The number of carbonyl (C=O) groups excluding carboxylic acids is 3. The molecule has 1 saturated heterocycles. The van der Waals surface area contributed by atoms with E-state index in [1.54, 1.807) is 4.90 Å². The van der Waals surface area contributed by atoms with E-state index in [0.717, 1.165) is 23.4 Å². The first-order valence-electron chi connectivity index (χ1n) is 11.0. The topological polar surface area (TPSA) is 90.8 Å². The molecule has 2 amide bonds. The summed E-state index contributed by atoms with van der Waals surface area (Å²) >= 11 is 0. The molecule has 5 rings (SSSR count). The molecule has 2 aromatic carbocycles. The quantitative estimate of drug-likeness (QED) is 0.482. The van der Waals surface area contributed by atoms with Gasteiger partial charge in [-0.3, -0.25) is 19.7 Å². The molecule has 2 bridgehead atoms. The van der Waals surface area contributed by atoms with Crippen LogP contribution < -0.4 is 10.6 Å². The second-order valence-corrected chi connectivity index (χ2v) is 8.27. The third-order valence-electron chi connectivity index (χ3n) is 5.93. The number of carbonyl (C=O) groups is 3. The number of allylic oxidation sites excluding steroid dienone is 1. The lowest BCUT2D eigenvalue weighted by Gasteiger charge is -2.32. The fraction of sp³-hybridized carbons (Fsp3) is 0.200. The summed E-state index contributed by atoms with van der Waals surface area (Å²) in [6.07, 6.45) is 1.32. The molecule has 0 radical (unpaired) electrons. The van der Waals surface area contributed by atoms with Gasteiger partial charge in [0.25, 0.3) is 5.91 Å². The molecule has 8 nitrogen and oxygen atoms in total. The van der Waals surface area contributed by atoms with Crippen LogP contribution in [0.2, 0.25) is 0 Å². The van der Waals surface area contributed by atoms with E-state index in [0.29, 0.717) is 19.8 Å². The minimum atomic E-state index is -0.811. The predicted octanol–water partition coefficient (Wildman–Crippen LogP) is 1.33. The lowest BCUT2D eigenvalue weighted by atomic mass is 10.0. The van der Waals surface area contributed by atoms with Crippen molar-refractivity contribution in [3.05, 3.63) is 94.5 Å². The Kier molecular flexibility index (Phi) is 5.96. The van der Waals surface area contributed by atoms with Gasteiger partial charge in [0.15, 0.2) is 17.5 Å². The van der Waals surface area contributed by atoms with E-state index in [4.69, 9.17) is 4.74 Å². The standard InChI is InChI=1S/C25H20F2N4O4/c26-17-7-6-16(20(27)8-17)9-29-24(33)19-12-31-18-10-28-14-30(11-18)25(34)21(31)23(22(19)32)35-13-15-4-2-1-3-5-15/h1-8,12,28H,9-11,13-14H2/p+1. The molecule has 0 unspecified atom stereocenters. The molecule has 178 valence electrons. The average molecular weight is 479 g/mol. The number of hydrogen-bond donors (Lipinski definition) is 2. The molecule has 1 fully saturated rings. The molecule has 35 heavy (non-hydrogen) atoms. The van der Waals surface area contributed by atoms with Crippen LogP contribution in [-0.4, -0.2) is 52.5 Å². The maximum atomic E-state index is 14.0. The van der Waals surface area contributed by atoms with Gasteiger partial charge in [0.2, 0.25) is 11.5 Å². The number of Topliss-reactive ketones (excluding diaryl/α,β-unsaturated/α-hetero) is 1. The maximum absolute atomic E-state index is 14.0. The Morgan fingerprint density at radius 1 is 1.14 bits per heavy atom. The molecule has 0 aromatic heterocycles. The van der Waals surface area contributed by atoms with Gasteiger partial charge < -0.3 is 15.0 Å². The van der Waals surface area contributed by atoms with Crippen LogP contribution in [0, 0.1) is 11.6 Å². The van der Waals surface area contributed by atoms with Crippen molar-refractivity contribution >= 4 is 23.3 Å². The lowest BCUT2D eigenvalue weighted by molar-refractivity contribution is -0.409. The number of nitrogens with zero attached hydrogens (tertiary/aromatic N) is 2. The van der Waals surface area contributed by atoms with Crippen molar-refractivity contribution in [2.45, 2.75) is 13.2 Å². The van der Waals surface area contributed by atoms with E-state index >= 15 is 0 Å². The number of fused-ring (bicyclic) bond motifs is 3. The Morgan fingerprint density at radius 3 is 2.71 bits per heavy atom. The van der Waals surface area contributed by atoms with Crippen molar-refractivity contribution in [1.82, 2.24) is 15.5 Å². The molecule has 3 aliphatic rings. The van der Waals surface area contributed by atoms with Crippen LogP contribution in [0.1, 0.15) is 11.1 Å². The Balaban J connectivity index is 1.46. The van der Waals surface area contributed by atoms with Crippen LogP contribution in [-0.2, 0) is 32.3 Å². The number of ether oxygens (including phenoxy) is 1. The Labute approximate surface area is 199 Å². The molecule has 0 atom stereocenters.